The standard InChI is InChI=1S/C19H21F2NO3S/c1-13-8-10-16(11-9-13)26-19(14(2)23,17(20)21)22-18(24)25-12-15-6-4-3-5-7-15/h3-11,14,17,23H,12H2,1-2H3,(H,22,24)/t14-,19+/m0/s1. The molecule has 0 saturated carbocycles. The zero-order chi connectivity index (χ0) is 19.2. The fourth-order valence-corrected chi connectivity index (χ4v) is 3.27. The van der Waals surface area contributed by atoms with Crippen LogP contribution in [0, 0.1) is 6.92 Å². The summed E-state index contributed by atoms with van der Waals surface area (Å²) in [6, 6.07) is 15.8. The molecular weight excluding hydrogens is 360 g/mol. The average Bonchev–Trinajstić information content (AvgIpc) is 2.61. The summed E-state index contributed by atoms with van der Waals surface area (Å²) < 4.78 is 32.7. The Morgan fingerprint density at radius 2 is 1.81 bits per heavy atom. The van der Waals surface area contributed by atoms with Crippen molar-refractivity contribution in [1.29, 1.82) is 0 Å². The van der Waals surface area contributed by atoms with Crippen molar-refractivity contribution in [3.05, 3.63) is 65.7 Å². The topological polar surface area (TPSA) is 58.6 Å². The summed E-state index contributed by atoms with van der Waals surface area (Å²) in [6.45, 7) is 3.04. The maximum atomic E-state index is 13.8. The number of nitrogens with one attached hydrogen (secondary N) is 1. The van der Waals surface area contributed by atoms with E-state index in [1.54, 1.807) is 48.5 Å². The molecule has 1 amide bonds. The van der Waals surface area contributed by atoms with E-state index in [9.17, 15) is 18.7 Å². The van der Waals surface area contributed by atoms with Gasteiger partial charge < -0.3 is 9.84 Å². The zero-order valence-corrected chi connectivity index (χ0v) is 15.3. The van der Waals surface area contributed by atoms with E-state index >= 15 is 0 Å². The molecule has 0 fully saturated rings. The third kappa shape index (κ3) is 5.19. The van der Waals surface area contributed by atoms with Crippen LogP contribution in [0.5, 0.6) is 0 Å². The highest BCUT2D eigenvalue weighted by Crippen LogP contribution is 2.38. The van der Waals surface area contributed by atoms with Crippen molar-refractivity contribution >= 4 is 17.9 Å². The number of aliphatic hydroxyl groups excluding tert-OH is 1. The van der Waals surface area contributed by atoms with E-state index < -0.39 is 23.5 Å². The number of alkyl halides is 2. The number of carbonyl (C=O) groups is 1. The number of carbonyl (C=O) groups excluding carboxylic acids is 1. The van der Waals surface area contributed by atoms with E-state index in [1.165, 1.54) is 6.92 Å². The summed E-state index contributed by atoms with van der Waals surface area (Å²) in [5, 5.41) is 12.2. The lowest BCUT2D eigenvalue weighted by Crippen LogP contribution is -2.58. The molecule has 0 aliphatic rings. The first-order valence-corrected chi connectivity index (χ1v) is 8.86. The lowest BCUT2D eigenvalue weighted by Gasteiger charge is -2.35. The van der Waals surface area contributed by atoms with Crippen molar-refractivity contribution in [3.8, 4) is 0 Å². The van der Waals surface area contributed by atoms with Crippen LogP contribution in [-0.2, 0) is 11.3 Å². The molecule has 7 heteroatoms. The van der Waals surface area contributed by atoms with Crippen LogP contribution in [0.25, 0.3) is 0 Å². The van der Waals surface area contributed by atoms with Gasteiger partial charge in [-0.15, -0.1) is 0 Å². The molecule has 0 radical (unpaired) electrons. The lowest BCUT2D eigenvalue weighted by atomic mass is 10.2. The van der Waals surface area contributed by atoms with Crippen LogP contribution in [0.15, 0.2) is 59.5 Å². The number of halogens is 2. The van der Waals surface area contributed by atoms with Crippen molar-refractivity contribution in [3.63, 3.8) is 0 Å². The molecule has 0 unspecified atom stereocenters. The Balaban J connectivity index is 2.12. The molecule has 0 aliphatic heterocycles. The lowest BCUT2D eigenvalue weighted by molar-refractivity contribution is 0.00497. The number of hydrogen-bond acceptors (Lipinski definition) is 4. The summed E-state index contributed by atoms with van der Waals surface area (Å²) in [5.41, 5.74) is 1.71. The van der Waals surface area contributed by atoms with Crippen molar-refractivity contribution in [2.45, 2.75) is 42.8 Å². The van der Waals surface area contributed by atoms with Crippen molar-refractivity contribution in [2.75, 3.05) is 0 Å². The number of thioether (sulfide) groups is 1. The van der Waals surface area contributed by atoms with Gasteiger partial charge in [0.1, 0.15) is 6.61 Å². The second-order valence-electron chi connectivity index (χ2n) is 5.87. The van der Waals surface area contributed by atoms with Gasteiger partial charge in [0.05, 0.1) is 6.10 Å². The molecule has 2 atom stereocenters. The second kappa shape index (κ2) is 9.00. The smallest absolute Gasteiger partial charge is 0.408 e. The quantitative estimate of drug-likeness (QED) is 0.553. The van der Waals surface area contributed by atoms with E-state index in [0.717, 1.165) is 11.1 Å². The first-order valence-electron chi connectivity index (χ1n) is 8.04. The minimum Gasteiger partial charge on any atom is -0.445 e. The van der Waals surface area contributed by atoms with E-state index in [0.29, 0.717) is 16.7 Å². The highest BCUT2D eigenvalue weighted by Gasteiger charge is 2.47. The fraction of sp³-hybridized carbons (Fsp3) is 0.316. The fourth-order valence-electron chi connectivity index (χ4n) is 2.22. The van der Waals surface area contributed by atoms with E-state index in [4.69, 9.17) is 4.74 Å². The Morgan fingerprint density at radius 3 is 2.35 bits per heavy atom. The van der Waals surface area contributed by atoms with E-state index in [1.807, 2.05) is 13.0 Å². The SMILES string of the molecule is Cc1ccc(S[C@@](NC(=O)OCc2ccccc2)(C(F)F)[C@H](C)O)cc1. The molecule has 0 spiro atoms. The van der Waals surface area contributed by atoms with Gasteiger partial charge in [0.25, 0.3) is 6.43 Å². The Hall–Kier alpha value is -2.12. The van der Waals surface area contributed by atoms with Gasteiger partial charge in [-0.05, 0) is 31.5 Å². The Bertz CT molecular complexity index is 700. The molecule has 0 aromatic heterocycles. The van der Waals surface area contributed by atoms with Crippen LogP contribution in [0.2, 0.25) is 0 Å². The van der Waals surface area contributed by atoms with E-state index in [-0.39, 0.29) is 6.61 Å². The number of alkyl carbamates (subject to hydrolysis) is 1. The Kier molecular flexibility index (Phi) is 6.99. The highest BCUT2D eigenvalue weighted by atomic mass is 32.2. The third-order valence-electron chi connectivity index (χ3n) is 3.76. The normalized spacial score (nSPS) is 14.5. The van der Waals surface area contributed by atoms with E-state index in [2.05, 4.69) is 5.32 Å². The van der Waals surface area contributed by atoms with Crippen LogP contribution >= 0.6 is 11.8 Å². The number of amides is 1. The molecule has 2 N–H and O–H groups in total. The number of aliphatic hydroxyl groups is 1. The van der Waals surface area contributed by atoms with Crippen LogP contribution in [0.3, 0.4) is 0 Å². The molecule has 2 rings (SSSR count). The molecule has 26 heavy (non-hydrogen) atoms. The summed E-state index contributed by atoms with van der Waals surface area (Å²) in [7, 11) is 0. The first kappa shape index (κ1) is 20.2. The van der Waals surface area contributed by atoms with Gasteiger partial charge in [0, 0.05) is 4.90 Å². The molecular formula is C19H21F2NO3S. The molecule has 4 nitrogen and oxygen atoms in total. The minimum absolute atomic E-state index is 0.0546. The maximum absolute atomic E-state index is 13.8. The number of aryl methyl sites for hydroxylation is 1. The highest BCUT2D eigenvalue weighted by molar-refractivity contribution is 8.00. The van der Waals surface area contributed by atoms with Gasteiger partial charge in [-0.3, -0.25) is 5.32 Å². The van der Waals surface area contributed by atoms with Crippen LogP contribution in [0.1, 0.15) is 18.1 Å². The predicted molar refractivity (Wildman–Crippen MR) is 97.2 cm³/mol. The van der Waals surface area contributed by atoms with Crippen molar-refractivity contribution in [1.82, 2.24) is 5.32 Å². The Morgan fingerprint density at radius 1 is 1.19 bits per heavy atom. The number of benzene rings is 2. The molecule has 140 valence electrons. The molecule has 2 aromatic rings. The Labute approximate surface area is 155 Å². The zero-order valence-electron chi connectivity index (χ0n) is 14.5. The number of hydrogen-bond donors (Lipinski definition) is 2. The van der Waals surface area contributed by atoms with Gasteiger partial charge in [-0.2, -0.15) is 0 Å². The largest absolute Gasteiger partial charge is 0.445 e. The van der Waals surface area contributed by atoms with Crippen molar-refractivity contribution < 1.29 is 23.4 Å². The molecule has 0 bridgehead atoms. The molecule has 0 heterocycles. The van der Waals surface area contributed by atoms with Gasteiger partial charge >= 0.3 is 6.09 Å². The van der Waals surface area contributed by atoms with Gasteiger partial charge in [-0.1, -0.05) is 59.8 Å². The van der Waals surface area contributed by atoms with Crippen molar-refractivity contribution in [2.24, 2.45) is 0 Å². The summed E-state index contributed by atoms with van der Waals surface area (Å²) in [6.07, 6.45) is -5.55. The molecule has 2 aromatic carbocycles. The molecule has 0 saturated heterocycles. The van der Waals surface area contributed by atoms with Crippen LogP contribution in [0.4, 0.5) is 13.6 Å². The summed E-state index contributed by atoms with van der Waals surface area (Å²) in [4.78, 5) is 10.4. The molecule has 0 aliphatic carbocycles. The van der Waals surface area contributed by atoms with Gasteiger partial charge in [-0.25, -0.2) is 13.6 Å². The van der Waals surface area contributed by atoms with Gasteiger partial charge in [0.2, 0.25) is 0 Å². The maximum Gasteiger partial charge on any atom is 0.408 e. The predicted octanol–water partition coefficient (Wildman–Crippen LogP) is 4.36. The monoisotopic (exact) mass is 381 g/mol. The first-order chi connectivity index (χ1) is 12.3. The summed E-state index contributed by atoms with van der Waals surface area (Å²) in [5.74, 6) is 0. The van der Waals surface area contributed by atoms with Gasteiger partial charge in [0.15, 0.2) is 4.87 Å². The minimum atomic E-state index is -3.02. The van der Waals surface area contributed by atoms with Crippen LogP contribution < -0.4 is 5.32 Å². The average molecular weight is 381 g/mol. The number of ether oxygens (including phenoxy) is 1. The summed E-state index contributed by atoms with van der Waals surface area (Å²) >= 11 is 0.699. The third-order valence-corrected chi connectivity index (χ3v) is 5.23. The number of rotatable bonds is 7. The second-order valence-corrected chi connectivity index (χ2v) is 7.22. The van der Waals surface area contributed by atoms with Crippen LogP contribution in [-0.4, -0.2) is 28.6 Å².